The Labute approximate surface area is 142 Å². The number of nitrogens with zero attached hydrogens (tertiary/aromatic N) is 2. The average molecular weight is 324 g/mol. The molecule has 0 saturated carbocycles. The van der Waals surface area contributed by atoms with E-state index in [2.05, 4.69) is 48.3 Å². The van der Waals surface area contributed by atoms with Gasteiger partial charge in [-0.3, -0.25) is 9.48 Å². The van der Waals surface area contributed by atoms with E-state index in [1.54, 1.807) is 10.9 Å². The number of rotatable bonds is 4. The molecule has 0 saturated heterocycles. The minimum atomic E-state index is -0.328. The number of carbonyl (C=O) groups is 1. The number of aromatic amines is 1. The van der Waals surface area contributed by atoms with Gasteiger partial charge < -0.3 is 10.3 Å². The molecule has 0 radical (unpaired) electrons. The summed E-state index contributed by atoms with van der Waals surface area (Å²) in [5.74, 6) is -0.0345. The van der Waals surface area contributed by atoms with E-state index in [1.807, 2.05) is 20.0 Å². The molecule has 5 nitrogen and oxygen atoms in total. The van der Waals surface area contributed by atoms with Crippen molar-refractivity contribution in [2.45, 2.75) is 47.2 Å². The zero-order valence-electron chi connectivity index (χ0n) is 14.9. The Morgan fingerprint density at radius 3 is 2.67 bits per heavy atom. The van der Waals surface area contributed by atoms with E-state index in [9.17, 15) is 4.79 Å². The van der Waals surface area contributed by atoms with Crippen molar-refractivity contribution in [3.8, 4) is 0 Å². The van der Waals surface area contributed by atoms with Gasteiger partial charge >= 0.3 is 0 Å². The van der Waals surface area contributed by atoms with E-state index in [-0.39, 0.29) is 11.9 Å². The maximum absolute atomic E-state index is 12.4. The number of nitrogens with one attached hydrogen (secondary N) is 2. The van der Waals surface area contributed by atoms with Crippen molar-refractivity contribution in [2.24, 2.45) is 0 Å². The van der Waals surface area contributed by atoms with Crippen LogP contribution < -0.4 is 5.32 Å². The Morgan fingerprint density at radius 2 is 2.00 bits per heavy atom. The second kappa shape index (κ2) is 6.15. The van der Waals surface area contributed by atoms with Crippen LogP contribution in [0.25, 0.3) is 10.9 Å². The molecule has 1 amide bonds. The quantitative estimate of drug-likeness (QED) is 0.772. The molecule has 0 aliphatic heterocycles. The first kappa shape index (κ1) is 16.3. The first-order chi connectivity index (χ1) is 11.4. The van der Waals surface area contributed by atoms with Gasteiger partial charge in [0.05, 0.1) is 11.7 Å². The molecule has 1 atom stereocenters. The maximum Gasteiger partial charge on any atom is 0.244 e. The molecule has 0 aliphatic rings. The molecule has 0 spiro atoms. The number of benzene rings is 1. The summed E-state index contributed by atoms with van der Waals surface area (Å²) in [6.45, 7) is 10.6. The highest BCUT2D eigenvalue weighted by Crippen LogP contribution is 2.26. The fourth-order valence-corrected chi connectivity index (χ4v) is 3.02. The SMILES string of the molecule is Cc1cc(CNC(=O)[C@H](C)n2cc(C)cn2)c2[nH]c(C)c(C)c2c1. The molecule has 0 bridgehead atoms. The molecule has 24 heavy (non-hydrogen) atoms. The van der Waals surface area contributed by atoms with Crippen LogP contribution in [0.3, 0.4) is 0 Å². The molecule has 2 heterocycles. The van der Waals surface area contributed by atoms with Crippen LogP contribution in [-0.2, 0) is 11.3 Å². The largest absolute Gasteiger partial charge is 0.358 e. The number of aryl methyl sites for hydroxylation is 4. The monoisotopic (exact) mass is 324 g/mol. The topological polar surface area (TPSA) is 62.7 Å². The first-order valence-corrected chi connectivity index (χ1v) is 8.23. The number of carbonyl (C=O) groups excluding carboxylic acids is 1. The lowest BCUT2D eigenvalue weighted by atomic mass is 10.0. The van der Waals surface area contributed by atoms with Crippen molar-refractivity contribution in [3.63, 3.8) is 0 Å². The van der Waals surface area contributed by atoms with E-state index < -0.39 is 0 Å². The lowest BCUT2D eigenvalue weighted by Gasteiger charge is -2.13. The van der Waals surface area contributed by atoms with E-state index >= 15 is 0 Å². The van der Waals surface area contributed by atoms with Crippen molar-refractivity contribution in [1.29, 1.82) is 0 Å². The molecule has 0 fully saturated rings. The number of hydrogen-bond acceptors (Lipinski definition) is 2. The van der Waals surface area contributed by atoms with Gasteiger partial charge in [0.2, 0.25) is 5.91 Å². The number of amides is 1. The predicted molar refractivity (Wildman–Crippen MR) is 96.0 cm³/mol. The first-order valence-electron chi connectivity index (χ1n) is 8.23. The summed E-state index contributed by atoms with van der Waals surface area (Å²) in [5, 5.41) is 8.48. The average Bonchev–Trinajstić information content (AvgIpc) is 3.09. The van der Waals surface area contributed by atoms with Crippen LogP contribution >= 0.6 is 0 Å². The lowest BCUT2D eigenvalue weighted by molar-refractivity contribution is -0.124. The zero-order valence-corrected chi connectivity index (χ0v) is 14.9. The van der Waals surface area contributed by atoms with Crippen molar-refractivity contribution in [1.82, 2.24) is 20.1 Å². The summed E-state index contributed by atoms with van der Waals surface area (Å²) < 4.78 is 1.69. The van der Waals surface area contributed by atoms with Gasteiger partial charge in [0.1, 0.15) is 6.04 Å². The third kappa shape index (κ3) is 2.94. The smallest absolute Gasteiger partial charge is 0.244 e. The summed E-state index contributed by atoms with van der Waals surface area (Å²) >= 11 is 0. The normalized spacial score (nSPS) is 12.5. The van der Waals surface area contributed by atoms with Gasteiger partial charge in [-0.1, -0.05) is 11.6 Å². The fourth-order valence-electron chi connectivity index (χ4n) is 3.02. The third-order valence-electron chi connectivity index (χ3n) is 4.60. The maximum atomic E-state index is 12.4. The number of hydrogen-bond donors (Lipinski definition) is 2. The second-order valence-corrected chi connectivity index (χ2v) is 6.61. The molecule has 5 heteroatoms. The summed E-state index contributed by atoms with van der Waals surface area (Å²) in [6, 6.07) is 3.99. The van der Waals surface area contributed by atoms with Gasteiger partial charge in [-0.2, -0.15) is 5.10 Å². The molecule has 2 N–H and O–H groups in total. The highest BCUT2D eigenvalue weighted by atomic mass is 16.2. The van der Waals surface area contributed by atoms with E-state index in [4.69, 9.17) is 0 Å². The van der Waals surface area contributed by atoms with Gasteiger partial charge in [0.15, 0.2) is 0 Å². The lowest BCUT2D eigenvalue weighted by Crippen LogP contribution is -2.30. The van der Waals surface area contributed by atoms with Crippen LogP contribution in [0.5, 0.6) is 0 Å². The van der Waals surface area contributed by atoms with E-state index in [1.165, 1.54) is 22.2 Å². The molecule has 1 aromatic carbocycles. The Morgan fingerprint density at radius 1 is 1.25 bits per heavy atom. The Bertz CT molecular complexity index is 904. The minimum absolute atomic E-state index is 0.0345. The Kier molecular flexibility index (Phi) is 4.18. The highest BCUT2D eigenvalue weighted by Gasteiger charge is 2.16. The summed E-state index contributed by atoms with van der Waals surface area (Å²) in [6.07, 6.45) is 3.64. The number of H-pyrrole nitrogens is 1. The molecule has 3 rings (SSSR count). The van der Waals surface area contributed by atoms with Gasteiger partial charge in [0, 0.05) is 23.8 Å². The van der Waals surface area contributed by atoms with Crippen molar-refractivity contribution < 1.29 is 4.79 Å². The van der Waals surface area contributed by atoms with E-state index in [0.717, 1.165) is 16.6 Å². The molecule has 0 unspecified atom stereocenters. The van der Waals surface area contributed by atoms with Gasteiger partial charge in [-0.25, -0.2) is 0 Å². The Hall–Kier alpha value is -2.56. The van der Waals surface area contributed by atoms with E-state index in [0.29, 0.717) is 6.54 Å². The van der Waals surface area contributed by atoms with Crippen molar-refractivity contribution in [2.75, 3.05) is 0 Å². The summed E-state index contributed by atoms with van der Waals surface area (Å²) in [5.41, 5.74) is 6.90. The van der Waals surface area contributed by atoms with Crippen LogP contribution in [-0.4, -0.2) is 20.7 Å². The molecule has 0 aliphatic carbocycles. The highest BCUT2D eigenvalue weighted by molar-refractivity contribution is 5.88. The van der Waals surface area contributed by atoms with Gasteiger partial charge in [0.25, 0.3) is 0 Å². The minimum Gasteiger partial charge on any atom is -0.358 e. The number of aromatic nitrogens is 3. The van der Waals surface area contributed by atoms with Crippen LogP contribution in [0.2, 0.25) is 0 Å². The fraction of sp³-hybridized carbons (Fsp3) is 0.368. The van der Waals surface area contributed by atoms with Crippen LogP contribution in [0.4, 0.5) is 0 Å². The molecule has 126 valence electrons. The predicted octanol–water partition coefficient (Wildman–Crippen LogP) is 3.48. The van der Waals surface area contributed by atoms with Crippen LogP contribution in [0, 0.1) is 27.7 Å². The summed E-state index contributed by atoms with van der Waals surface area (Å²) in [7, 11) is 0. The molecular weight excluding hydrogens is 300 g/mol. The standard InChI is InChI=1S/C19H24N4O/c1-11-6-16(18-17(7-11)13(3)14(4)22-18)9-20-19(24)15(5)23-10-12(2)8-21-23/h6-8,10,15,22H,9H2,1-5H3,(H,20,24)/t15-/m0/s1. The second-order valence-electron chi connectivity index (χ2n) is 6.61. The zero-order chi connectivity index (χ0) is 17.4. The third-order valence-corrected chi connectivity index (χ3v) is 4.60. The molecule has 2 aromatic heterocycles. The van der Waals surface area contributed by atoms with Gasteiger partial charge in [-0.15, -0.1) is 0 Å². The van der Waals surface area contributed by atoms with Crippen LogP contribution in [0.1, 0.15) is 40.9 Å². The summed E-state index contributed by atoms with van der Waals surface area (Å²) in [4.78, 5) is 15.9. The van der Waals surface area contributed by atoms with Gasteiger partial charge in [-0.05, 0) is 57.4 Å². The number of fused-ring (bicyclic) bond motifs is 1. The van der Waals surface area contributed by atoms with Crippen molar-refractivity contribution in [3.05, 3.63) is 52.5 Å². The molecule has 3 aromatic rings. The van der Waals surface area contributed by atoms with Crippen molar-refractivity contribution >= 4 is 16.8 Å². The van der Waals surface area contributed by atoms with Crippen LogP contribution in [0.15, 0.2) is 24.5 Å². The molecular formula is C19H24N4O. The Balaban J connectivity index is 1.80.